The number of carbonyl (C=O) groups excluding carboxylic acids is 1. The first kappa shape index (κ1) is 11.1. The summed E-state index contributed by atoms with van der Waals surface area (Å²) in [4.78, 5) is 11.4. The van der Waals surface area contributed by atoms with Gasteiger partial charge < -0.3 is 21.7 Å². The molecular formula is C14H20N2O3. The number of carbonyl (C=O) groups is 1. The number of rotatable bonds is 3. The highest BCUT2D eigenvalue weighted by atomic mass is 16.3. The van der Waals surface area contributed by atoms with E-state index in [1.165, 1.54) is 0 Å². The van der Waals surface area contributed by atoms with Crippen molar-refractivity contribution in [3.05, 3.63) is 0 Å². The Kier molecular flexibility index (Phi) is 1.58. The molecule has 0 saturated heterocycles. The maximum atomic E-state index is 11.4. The largest absolute Gasteiger partial charge is 0.389 e. The van der Waals surface area contributed by atoms with Crippen LogP contribution in [0.2, 0.25) is 0 Å². The molecule has 5 heteroatoms. The van der Waals surface area contributed by atoms with Gasteiger partial charge in [0, 0.05) is 6.54 Å². The smallest absolute Gasteiger partial charge is 0.220 e. The third-order valence-electron chi connectivity index (χ3n) is 7.60. The summed E-state index contributed by atoms with van der Waals surface area (Å²) in [5.41, 5.74) is 9.47. The van der Waals surface area contributed by atoms with Gasteiger partial charge in [-0.15, -0.1) is 0 Å². The van der Waals surface area contributed by atoms with Gasteiger partial charge in [0.1, 0.15) is 0 Å². The molecule has 5 nitrogen and oxygen atoms in total. The van der Waals surface area contributed by atoms with Crippen LogP contribution in [0.1, 0.15) is 12.8 Å². The van der Waals surface area contributed by atoms with E-state index in [1.54, 1.807) is 0 Å². The van der Waals surface area contributed by atoms with Crippen molar-refractivity contribution in [3.8, 4) is 0 Å². The Morgan fingerprint density at radius 1 is 1.05 bits per heavy atom. The minimum Gasteiger partial charge on any atom is -0.389 e. The molecule has 0 heterocycles. The van der Waals surface area contributed by atoms with Crippen LogP contribution in [0.4, 0.5) is 0 Å². The lowest BCUT2D eigenvalue weighted by Gasteiger charge is -2.57. The van der Waals surface area contributed by atoms with Crippen molar-refractivity contribution in [2.24, 2.45) is 58.8 Å². The normalized spacial score (nSPS) is 69.8. The molecule has 2 bridgehead atoms. The van der Waals surface area contributed by atoms with Crippen molar-refractivity contribution in [1.29, 1.82) is 0 Å². The van der Waals surface area contributed by atoms with Crippen LogP contribution in [-0.4, -0.2) is 33.9 Å². The Bertz CT molecular complexity index is 511. The van der Waals surface area contributed by atoms with Gasteiger partial charge in [-0.05, 0) is 53.8 Å². The predicted molar refractivity (Wildman–Crippen MR) is 65.3 cm³/mol. The maximum Gasteiger partial charge on any atom is 0.220 e. The Morgan fingerprint density at radius 3 is 2.11 bits per heavy atom. The van der Waals surface area contributed by atoms with Crippen molar-refractivity contribution >= 4 is 5.91 Å². The Hall–Kier alpha value is -0.650. The zero-order valence-electron chi connectivity index (χ0n) is 10.7. The molecule has 5 fully saturated rings. The topological polar surface area (TPSA) is 110 Å². The summed E-state index contributed by atoms with van der Waals surface area (Å²) < 4.78 is 0. The lowest BCUT2D eigenvalue weighted by Crippen LogP contribution is -2.66. The minimum atomic E-state index is -0.959. The van der Waals surface area contributed by atoms with Crippen LogP contribution in [0.25, 0.3) is 0 Å². The molecule has 5 aliphatic rings. The highest BCUT2D eigenvalue weighted by Crippen LogP contribution is 2.87. The summed E-state index contributed by atoms with van der Waals surface area (Å²) >= 11 is 0. The van der Waals surface area contributed by atoms with Gasteiger partial charge in [-0.1, -0.05) is 0 Å². The highest BCUT2D eigenvalue weighted by molar-refractivity contribution is 5.75. The Labute approximate surface area is 111 Å². The second-order valence-corrected chi connectivity index (χ2v) is 7.65. The number of hydrogen-bond donors (Lipinski definition) is 4. The summed E-state index contributed by atoms with van der Waals surface area (Å²) in [6.45, 7) is 0.286. The lowest BCUT2D eigenvalue weighted by atomic mass is 9.51. The van der Waals surface area contributed by atoms with Crippen LogP contribution in [0.15, 0.2) is 0 Å². The molecule has 0 aromatic carbocycles. The van der Waals surface area contributed by atoms with Gasteiger partial charge in [0.15, 0.2) is 0 Å². The minimum absolute atomic E-state index is 0.0450. The lowest BCUT2D eigenvalue weighted by molar-refractivity contribution is -0.213. The van der Waals surface area contributed by atoms with Crippen molar-refractivity contribution in [1.82, 2.24) is 0 Å². The van der Waals surface area contributed by atoms with E-state index in [0.29, 0.717) is 23.7 Å². The fourth-order valence-corrected chi connectivity index (χ4v) is 7.73. The van der Waals surface area contributed by atoms with Crippen molar-refractivity contribution in [3.63, 3.8) is 0 Å². The second kappa shape index (κ2) is 2.71. The number of aliphatic hydroxyl groups is 2. The zero-order chi connectivity index (χ0) is 13.3. The fraction of sp³-hybridized carbons (Fsp3) is 0.929. The third-order valence-corrected chi connectivity index (χ3v) is 7.60. The highest BCUT2D eigenvalue weighted by Gasteiger charge is 2.90. The summed E-state index contributed by atoms with van der Waals surface area (Å²) in [6.07, 6.45) is 1.17. The van der Waals surface area contributed by atoms with Gasteiger partial charge in [-0.25, -0.2) is 0 Å². The van der Waals surface area contributed by atoms with Gasteiger partial charge in [0.25, 0.3) is 0 Å². The molecule has 0 aliphatic heterocycles. The molecule has 104 valence electrons. The molecule has 5 aliphatic carbocycles. The SMILES string of the molecule is NC[C@]1(O)[C@@H]2[C@@H]3[C@@H]4C[C@@H]5[C@@H]3[C@@H]2[C@](O)(CC(N)=O)[C@H]5[C@H]41. The van der Waals surface area contributed by atoms with E-state index in [2.05, 4.69) is 0 Å². The van der Waals surface area contributed by atoms with E-state index in [9.17, 15) is 15.0 Å². The molecule has 0 aromatic heterocycles. The average molecular weight is 264 g/mol. The van der Waals surface area contributed by atoms with E-state index < -0.39 is 17.1 Å². The van der Waals surface area contributed by atoms with Crippen LogP contribution in [0.3, 0.4) is 0 Å². The van der Waals surface area contributed by atoms with Crippen LogP contribution in [-0.2, 0) is 4.79 Å². The molecule has 0 radical (unpaired) electrons. The molecule has 5 rings (SSSR count). The molecule has 6 N–H and O–H groups in total. The first-order chi connectivity index (χ1) is 8.95. The van der Waals surface area contributed by atoms with Crippen LogP contribution in [0.5, 0.6) is 0 Å². The maximum absolute atomic E-state index is 11.4. The first-order valence-electron chi connectivity index (χ1n) is 7.38. The van der Waals surface area contributed by atoms with Crippen LogP contribution in [0, 0.1) is 47.3 Å². The number of nitrogens with two attached hydrogens (primary N) is 2. The molecule has 19 heavy (non-hydrogen) atoms. The molecule has 0 unspecified atom stereocenters. The molecule has 0 aromatic rings. The van der Waals surface area contributed by atoms with E-state index in [4.69, 9.17) is 11.5 Å². The number of fused-ring (bicyclic) bond motifs is 2. The summed E-state index contributed by atoms with van der Waals surface area (Å²) in [7, 11) is 0. The summed E-state index contributed by atoms with van der Waals surface area (Å²) in [5, 5.41) is 22.1. The van der Waals surface area contributed by atoms with E-state index in [1.807, 2.05) is 0 Å². The standard InChI is InChI=1S/C14H20N2O3/c15-3-14(19)10-5-1-4-7-8(5)12(14)11(7)13(18,9(4)10)2-6(16)17/h4-5,7-12,18-19H,1-3,15H2,(H2,16,17)/t4-,5+,7+,8-,9-,10+,11+,12-,13+,14-/m1/s1. The predicted octanol–water partition coefficient (Wildman–Crippen LogP) is -1.33. The van der Waals surface area contributed by atoms with Crippen molar-refractivity contribution in [2.75, 3.05) is 6.54 Å². The zero-order valence-corrected chi connectivity index (χ0v) is 10.7. The number of amides is 1. The number of primary amides is 1. The van der Waals surface area contributed by atoms with Crippen molar-refractivity contribution < 1.29 is 15.0 Å². The first-order valence-corrected chi connectivity index (χ1v) is 7.38. The average Bonchev–Trinajstić information content (AvgIpc) is 2.78. The quantitative estimate of drug-likeness (QED) is 0.506. The van der Waals surface area contributed by atoms with Gasteiger partial charge >= 0.3 is 0 Å². The Morgan fingerprint density at radius 2 is 1.58 bits per heavy atom. The van der Waals surface area contributed by atoms with Crippen molar-refractivity contribution in [2.45, 2.75) is 24.0 Å². The van der Waals surface area contributed by atoms with Crippen LogP contribution >= 0.6 is 0 Å². The third kappa shape index (κ3) is 0.803. The number of hydrogen-bond acceptors (Lipinski definition) is 4. The van der Waals surface area contributed by atoms with Gasteiger partial charge in [0.05, 0.1) is 17.6 Å². The van der Waals surface area contributed by atoms with Gasteiger partial charge in [0.2, 0.25) is 5.91 Å². The molecule has 1 amide bonds. The molecular weight excluding hydrogens is 244 g/mol. The molecule has 5 saturated carbocycles. The van der Waals surface area contributed by atoms with E-state index >= 15 is 0 Å². The second-order valence-electron chi connectivity index (χ2n) is 7.65. The van der Waals surface area contributed by atoms with E-state index in [-0.39, 0.29) is 36.6 Å². The molecule has 10 atom stereocenters. The Balaban J connectivity index is 1.67. The summed E-state index contributed by atoms with van der Waals surface area (Å²) in [5.74, 6) is 1.95. The van der Waals surface area contributed by atoms with Gasteiger partial charge in [-0.2, -0.15) is 0 Å². The fourth-order valence-electron chi connectivity index (χ4n) is 7.73. The molecule has 0 spiro atoms. The van der Waals surface area contributed by atoms with Gasteiger partial charge in [-0.3, -0.25) is 4.79 Å². The summed E-state index contributed by atoms with van der Waals surface area (Å²) in [6, 6.07) is 0. The van der Waals surface area contributed by atoms with Crippen LogP contribution < -0.4 is 11.5 Å². The monoisotopic (exact) mass is 264 g/mol. The van der Waals surface area contributed by atoms with E-state index in [0.717, 1.165) is 6.42 Å².